The van der Waals surface area contributed by atoms with Gasteiger partial charge >= 0.3 is 0 Å². The van der Waals surface area contributed by atoms with E-state index in [1.165, 1.54) is 0 Å². The summed E-state index contributed by atoms with van der Waals surface area (Å²) in [4.78, 5) is 0. The average Bonchev–Trinajstić information content (AvgIpc) is 0.747. The second-order valence-corrected chi connectivity index (χ2v) is 69.0. The van der Waals surface area contributed by atoms with Crippen molar-refractivity contribution in [1.29, 1.82) is 0 Å². The molecular formula is C99H216O18S9. The maximum Gasteiger partial charge on any atom is 0.147 e. The minimum Gasteiger partial charge on any atom is -0.229 e. The molecule has 0 rings (SSSR count). The van der Waals surface area contributed by atoms with Crippen LogP contribution >= 0.6 is 0 Å². The van der Waals surface area contributed by atoms with Crippen LogP contribution in [0.3, 0.4) is 0 Å². The molecule has 0 saturated carbocycles. The molecule has 0 saturated heterocycles. The molecule has 126 heavy (non-hydrogen) atoms. The zero-order valence-electron chi connectivity index (χ0n) is 112. The standard InChI is InChI=1S/9C11H24O2S/c9*1-10(2,3)9(11(4,5)6)8-14(7,12)13/h9*9H,8H2,1-7H3/i7D3,8D;7D2,8D;7D,8D2;7D,8D;8D2;8D;7D3;7D2;7D. The molecule has 0 heterocycles. The molecule has 0 aromatic heterocycles. The minimum absolute atomic E-state index is 0.0551. The summed E-state index contributed by atoms with van der Waals surface area (Å²) in [5.74, 6) is -3.20. The predicted molar refractivity (Wildman–Crippen MR) is 559 cm³/mol. The van der Waals surface area contributed by atoms with Crippen molar-refractivity contribution in [3.05, 3.63) is 0 Å². The van der Waals surface area contributed by atoms with Crippen LogP contribution < -0.4 is 0 Å². The van der Waals surface area contributed by atoms with Crippen molar-refractivity contribution in [2.45, 2.75) is 374 Å². The van der Waals surface area contributed by atoms with E-state index in [-0.39, 0.29) is 112 Å². The van der Waals surface area contributed by atoms with Gasteiger partial charge in [-0.05, 0) is 151 Å². The maximum atomic E-state index is 11.9. The molecule has 774 valence electrons. The van der Waals surface area contributed by atoms with Gasteiger partial charge in [0, 0.05) is 84.8 Å². The third-order valence-electron chi connectivity index (χ3n) is 20.4. The van der Waals surface area contributed by atoms with Crippen LogP contribution in [-0.4, -0.2) is 183 Å². The Morgan fingerprint density at radius 3 is 0.452 bits per heavy atom. The summed E-state index contributed by atoms with van der Waals surface area (Å²) in [5.41, 5.74) is -15.3. The first-order chi connectivity index (χ1) is 61.9. The molecular weight excluding hydrogens is 1770 g/mol. The molecule has 0 aromatic rings. The zero-order valence-corrected chi connectivity index (χ0v) is 98.3. The van der Waals surface area contributed by atoms with Crippen molar-refractivity contribution in [3.63, 3.8) is 0 Å². The highest BCUT2D eigenvalue weighted by atomic mass is 32.2. The van der Waals surface area contributed by atoms with Crippen molar-refractivity contribution in [3.8, 4) is 0 Å². The summed E-state index contributed by atoms with van der Waals surface area (Å²) in [7, 11) is -34.2. The fourth-order valence-electron chi connectivity index (χ4n) is 17.5. The first-order valence-corrected chi connectivity index (χ1v) is 58.7. The molecule has 0 aromatic carbocycles. The van der Waals surface area contributed by atoms with E-state index in [1.54, 1.807) is 0 Å². The quantitative estimate of drug-likeness (QED) is 0.123. The van der Waals surface area contributed by atoms with Gasteiger partial charge in [-0.15, -0.1) is 0 Å². The van der Waals surface area contributed by atoms with Crippen LogP contribution in [-0.2, 0) is 88.5 Å². The van der Waals surface area contributed by atoms with Gasteiger partial charge in [0.2, 0.25) is 0 Å². The topological polar surface area (TPSA) is 307 Å². The molecule has 4 atom stereocenters. The van der Waals surface area contributed by atoms with Crippen LogP contribution in [0.2, 0.25) is 0 Å². The number of sulfone groups is 9. The molecule has 0 aliphatic rings. The summed E-state index contributed by atoms with van der Waals surface area (Å²) in [6.45, 7) is 104. The van der Waals surface area contributed by atoms with E-state index < -0.39 is 223 Å². The molecule has 0 fully saturated rings. The fourth-order valence-corrected chi connectivity index (χ4v) is 29.0. The van der Waals surface area contributed by atoms with E-state index >= 15 is 0 Å². The molecule has 0 radical (unpaired) electrons. The van der Waals surface area contributed by atoms with E-state index in [4.69, 9.17) is 28.8 Å². The first kappa shape index (κ1) is 103. The Labute approximate surface area is 820 Å². The third kappa shape index (κ3) is 79.7. The Morgan fingerprint density at radius 1 is 0.167 bits per heavy atom. The molecule has 18 nitrogen and oxygen atoms in total. The number of hydrogen-bond donors (Lipinski definition) is 0. The van der Waals surface area contributed by atoms with E-state index in [0.29, 0.717) is 0 Å². The van der Waals surface area contributed by atoms with Crippen molar-refractivity contribution in [2.75, 3.05) is 108 Å². The highest BCUT2D eigenvalue weighted by Crippen LogP contribution is 2.48. The Hall–Kier alpha value is -0.450. The Balaban J connectivity index is -0.000000208. The molecule has 0 bridgehead atoms. The largest absolute Gasteiger partial charge is 0.229 e. The average molecular weight is 2000 g/mol. The van der Waals surface area contributed by atoms with Crippen molar-refractivity contribution < 1.29 is 105 Å². The Bertz CT molecular complexity index is 4860. The highest BCUT2D eigenvalue weighted by molar-refractivity contribution is 7.92. The van der Waals surface area contributed by atoms with Gasteiger partial charge in [0.1, 0.15) is 88.5 Å². The van der Waals surface area contributed by atoms with Crippen molar-refractivity contribution >= 4 is 88.5 Å². The van der Waals surface area contributed by atoms with E-state index in [1.807, 2.05) is 332 Å². The summed E-state index contributed by atoms with van der Waals surface area (Å²) in [5, 5.41) is 0. The van der Waals surface area contributed by atoms with Gasteiger partial charge in [-0.3, -0.25) is 0 Å². The lowest BCUT2D eigenvalue weighted by molar-refractivity contribution is 0.123. The lowest BCUT2D eigenvalue weighted by Crippen LogP contribution is -2.37. The summed E-state index contributed by atoms with van der Waals surface area (Å²) < 4.78 is 366. The summed E-state index contributed by atoms with van der Waals surface area (Å²) in [6, 6.07) is 0. The van der Waals surface area contributed by atoms with Crippen molar-refractivity contribution in [2.24, 2.45) is 151 Å². The lowest BCUT2D eigenvalue weighted by atomic mass is 9.68. The van der Waals surface area contributed by atoms with Gasteiger partial charge in [-0.2, -0.15) is 0 Å². The molecule has 0 N–H and O–H groups in total. The Kier molecular flexibility index (Phi) is 39.8. The molecule has 0 amide bonds. The summed E-state index contributed by atoms with van der Waals surface area (Å²) in [6.07, 6.45) is -9.82. The molecule has 27 heteroatoms. The molecule has 0 aliphatic heterocycles. The fraction of sp³-hybridized carbons (Fsp3) is 1.00. The second kappa shape index (κ2) is 48.7. The molecule has 0 aliphatic carbocycles. The van der Waals surface area contributed by atoms with Crippen LogP contribution in [0.5, 0.6) is 0 Å². The normalized spacial score (nSPS) is 18.7. The first-order valence-electron chi connectivity index (χ1n) is 54.9. The third-order valence-corrected chi connectivity index (χ3v) is 26.8. The zero-order chi connectivity index (χ0) is 123. The molecule has 4 unspecified atom stereocenters. The van der Waals surface area contributed by atoms with Gasteiger partial charge in [0.25, 0.3) is 0 Å². The number of rotatable bonds is 18. The van der Waals surface area contributed by atoms with E-state index in [0.717, 1.165) is 12.5 Å². The maximum absolute atomic E-state index is 11.9. The molecule has 0 spiro atoms. The second-order valence-electron chi connectivity index (χ2n) is 54.3. The minimum atomic E-state index is -4.48. The van der Waals surface area contributed by atoms with Gasteiger partial charge in [0.05, 0.1) is 51.6 Å². The lowest BCUT2D eigenvalue weighted by Gasteiger charge is -2.40. The SMILES string of the molecule is [2H]C(C(C(C)(C)C)C(C)(C)C)S(=O)(=O)C([2H])([2H])[2H].[2H]C(C(C(C)(C)C)C(C)(C)C)S(C)(=O)=O.[2H]C([2H])(C(C(C)(C)C)C(C)(C)C)S(C)(=O)=O.[2H]C([2H])([2H])S(=O)(=O)CC(C(C)(C)C)C(C)(C)C.[2H]C([2H])S(=O)(=O)C([2H])C(C(C)(C)C)C(C)(C)C.[2H]C([2H])S(=O)(=O)CC(C(C)(C)C)C(C)(C)C.[2H]CS(=O)(=O)C([2H])([2H])C(C(C)(C)C)C(C)(C)C.[2H]CS(=O)(=O)C([2H])C(C(C)(C)C)C(C)(C)C.[2H]CS(=O)(=O)CC(C(C)(C)C)C(C)(C)C. The van der Waals surface area contributed by atoms with Crippen LogP contribution in [0.4, 0.5) is 0 Å². The van der Waals surface area contributed by atoms with Crippen LogP contribution in [0.25, 0.3) is 0 Å². The van der Waals surface area contributed by atoms with Gasteiger partial charge < -0.3 is 0 Å². The van der Waals surface area contributed by atoms with Crippen LogP contribution in [0, 0.1) is 151 Å². The monoisotopic (exact) mass is 2000 g/mol. The smallest absolute Gasteiger partial charge is 0.147 e. The van der Waals surface area contributed by atoms with E-state index in [9.17, 15) is 75.8 Å². The number of hydrogen-bond acceptors (Lipinski definition) is 18. The van der Waals surface area contributed by atoms with Crippen molar-refractivity contribution in [1.82, 2.24) is 0 Å². The van der Waals surface area contributed by atoms with Gasteiger partial charge in [0.15, 0.2) is 0 Å². The highest BCUT2D eigenvalue weighted by Gasteiger charge is 2.45. The van der Waals surface area contributed by atoms with Gasteiger partial charge in [-0.25, -0.2) is 75.8 Å². The van der Waals surface area contributed by atoms with Crippen LogP contribution in [0.1, 0.15) is 403 Å². The predicted octanol–water partition coefficient (Wildman–Crippen LogP) is 24.7. The summed E-state index contributed by atoms with van der Waals surface area (Å²) >= 11 is 0. The van der Waals surface area contributed by atoms with E-state index in [2.05, 4.69) is 41.5 Å². The van der Waals surface area contributed by atoms with Crippen LogP contribution in [0.15, 0.2) is 0 Å². The Morgan fingerprint density at radius 2 is 0.317 bits per heavy atom. The van der Waals surface area contributed by atoms with Gasteiger partial charge in [-0.1, -0.05) is 374 Å².